The van der Waals surface area contributed by atoms with Crippen LogP contribution in [0.5, 0.6) is 0 Å². The zero-order valence-electron chi connectivity index (χ0n) is 19.8. The van der Waals surface area contributed by atoms with Crippen LogP contribution in [0.15, 0.2) is 0 Å². The Kier molecular flexibility index (Phi) is 7.30. The van der Waals surface area contributed by atoms with Gasteiger partial charge in [0.1, 0.15) is 0 Å². The van der Waals surface area contributed by atoms with Gasteiger partial charge in [0.2, 0.25) is 0 Å². The number of hydrogen-bond acceptors (Lipinski definition) is 4. The molecule has 4 saturated carbocycles. The maximum absolute atomic E-state index is 11.7. The first kappa shape index (κ1) is 25.5. The molecule has 4 heteroatoms. The molecule has 0 spiro atoms. The molecule has 4 rings (SSSR count). The zero-order valence-corrected chi connectivity index (χ0v) is 19.8. The van der Waals surface area contributed by atoms with Crippen LogP contribution in [0.25, 0.3) is 0 Å². The molecule has 0 radical (unpaired) electrons. The number of rotatable bonds is 4. The number of hydrogen-bond donors (Lipinski definition) is 4. The molecule has 4 aliphatic rings. The van der Waals surface area contributed by atoms with E-state index >= 15 is 0 Å². The largest absolute Gasteiger partial charge is 0.393 e. The van der Waals surface area contributed by atoms with E-state index in [-0.39, 0.29) is 54.5 Å². The second-order valence-electron chi connectivity index (χ2n) is 12.3. The molecule has 0 heterocycles. The Labute approximate surface area is 190 Å². The summed E-state index contributed by atoms with van der Waals surface area (Å²) >= 11 is 0. The minimum Gasteiger partial charge on any atom is -0.393 e. The maximum Gasteiger partial charge on any atom is 0.0605 e. The van der Waals surface area contributed by atoms with Crippen LogP contribution >= 0.6 is 0 Å². The lowest BCUT2D eigenvalue weighted by Crippen LogP contribution is -2.65. The Morgan fingerprint density at radius 2 is 1.61 bits per heavy atom. The molecular weight excluding hydrogens is 388 g/mol. The predicted octanol–water partition coefficient (Wildman–Crippen LogP) is 4.63. The van der Waals surface area contributed by atoms with Crippen LogP contribution in [-0.2, 0) is 0 Å². The first-order valence-electron chi connectivity index (χ1n) is 12.8. The third-order valence-corrected chi connectivity index (χ3v) is 11.0. The van der Waals surface area contributed by atoms with Crippen LogP contribution in [-0.4, -0.2) is 44.8 Å². The quantitative estimate of drug-likeness (QED) is 0.516. The van der Waals surface area contributed by atoms with Gasteiger partial charge in [-0.1, -0.05) is 41.5 Å². The molecule has 0 aliphatic heterocycles. The molecule has 0 aromatic rings. The fourth-order valence-electron chi connectivity index (χ4n) is 9.59. The van der Waals surface area contributed by atoms with Crippen molar-refractivity contribution in [2.75, 3.05) is 0 Å². The summed E-state index contributed by atoms with van der Waals surface area (Å²) < 4.78 is 0. The van der Waals surface area contributed by atoms with Crippen molar-refractivity contribution in [2.45, 2.75) is 118 Å². The molecule has 0 aromatic carbocycles. The highest BCUT2D eigenvalue weighted by Gasteiger charge is 2.67. The van der Waals surface area contributed by atoms with E-state index in [2.05, 4.69) is 27.7 Å². The monoisotopic (exact) mass is 438 g/mol. The van der Waals surface area contributed by atoms with Gasteiger partial charge in [-0.15, -0.1) is 0 Å². The average molecular weight is 439 g/mol. The van der Waals surface area contributed by atoms with Gasteiger partial charge in [0, 0.05) is 0 Å². The Morgan fingerprint density at radius 1 is 0.935 bits per heavy atom. The second-order valence-corrected chi connectivity index (χ2v) is 12.3. The van der Waals surface area contributed by atoms with Crippen LogP contribution in [0.3, 0.4) is 0 Å². The van der Waals surface area contributed by atoms with Crippen molar-refractivity contribution in [3.63, 3.8) is 0 Å². The van der Waals surface area contributed by atoms with Crippen molar-refractivity contribution >= 4 is 0 Å². The molecule has 0 bridgehead atoms. The summed E-state index contributed by atoms with van der Waals surface area (Å²) in [5.41, 5.74) is -0.0679. The highest BCUT2D eigenvalue weighted by atomic mass is 16.3. The minimum absolute atomic E-state index is 0. The van der Waals surface area contributed by atoms with Crippen molar-refractivity contribution in [1.82, 2.24) is 0 Å². The van der Waals surface area contributed by atoms with Crippen molar-refractivity contribution in [1.29, 1.82) is 0 Å². The fourth-order valence-corrected chi connectivity index (χ4v) is 9.59. The Morgan fingerprint density at radius 3 is 2.23 bits per heavy atom. The van der Waals surface area contributed by atoms with Gasteiger partial charge < -0.3 is 20.4 Å². The lowest BCUT2D eigenvalue weighted by molar-refractivity contribution is -0.228. The molecule has 4 aliphatic carbocycles. The highest BCUT2D eigenvalue weighted by Crippen LogP contribution is 2.69. The van der Waals surface area contributed by atoms with Crippen molar-refractivity contribution in [3.8, 4) is 0 Å². The number of fused-ring (bicyclic) bond motifs is 5. The topological polar surface area (TPSA) is 80.9 Å². The maximum atomic E-state index is 11.7. The molecule has 13 atom stereocenters. The molecule has 0 saturated heterocycles. The van der Waals surface area contributed by atoms with E-state index in [0.717, 1.165) is 51.4 Å². The van der Waals surface area contributed by atoms with Gasteiger partial charge in [0.05, 0.1) is 24.4 Å². The van der Waals surface area contributed by atoms with E-state index < -0.39 is 0 Å². The van der Waals surface area contributed by atoms with Crippen LogP contribution in [0.4, 0.5) is 0 Å². The summed E-state index contributed by atoms with van der Waals surface area (Å²) in [6.07, 6.45) is 6.16. The third-order valence-electron chi connectivity index (χ3n) is 11.0. The van der Waals surface area contributed by atoms with E-state index in [4.69, 9.17) is 0 Å². The van der Waals surface area contributed by atoms with Crippen LogP contribution in [0.1, 0.15) is 93.4 Å². The van der Waals surface area contributed by atoms with E-state index in [1.165, 1.54) is 0 Å². The molecule has 4 N–H and O–H groups in total. The van der Waals surface area contributed by atoms with Gasteiger partial charge in [0.25, 0.3) is 0 Å². The molecule has 0 aromatic heterocycles. The molecular formula is C27H50O4. The third kappa shape index (κ3) is 3.72. The molecule has 182 valence electrons. The lowest BCUT2D eigenvalue weighted by atomic mass is 9.41. The van der Waals surface area contributed by atoms with Crippen LogP contribution < -0.4 is 0 Å². The Balaban J connectivity index is 0.00000272. The normalized spacial score (nSPS) is 53.5. The predicted molar refractivity (Wildman–Crippen MR) is 125 cm³/mol. The fraction of sp³-hybridized carbons (Fsp3) is 1.00. The first-order chi connectivity index (χ1) is 14.1. The standard InChI is InChI=1S/C26H46O4.CH4/c1-6-17-20-12-16(28)9-10-25(20,4)21-13-22(29)26(5)18(14(2)11-15(3)27)7-8-19(26)23(21)24(17)30;/h14-24,27-30H,6-13H2,1-5H3;1H4/t14-,15-,16-,17-,18-,19+,20+,21?,22+,23+,24-,25+,26-;/m1./s1. The van der Waals surface area contributed by atoms with Crippen molar-refractivity contribution in [2.24, 2.45) is 52.3 Å². The summed E-state index contributed by atoms with van der Waals surface area (Å²) in [7, 11) is 0. The zero-order chi connectivity index (χ0) is 22.0. The van der Waals surface area contributed by atoms with Crippen molar-refractivity contribution < 1.29 is 20.4 Å². The lowest BCUT2D eigenvalue weighted by Gasteiger charge is -2.65. The highest BCUT2D eigenvalue weighted by molar-refractivity contribution is 5.15. The van der Waals surface area contributed by atoms with E-state index in [9.17, 15) is 20.4 Å². The van der Waals surface area contributed by atoms with Gasteiger partial charge in [-0.3, -0.25) is 0 Å². The van der Waals surface area contributed by atoms with E-state index in [1.54, 1.807) is 0 Å². The summed E-state index contributed by atoms with van der Waals surface area (Å²) in [6, 6.07) is 0. The van der Waals surface area contributed by atoms with E-state index in [1.807, 2.05) is 6.92 Å². The Bertz CT molecular complexity index is 622. The first-order valence-corrected chi connectivity index (χ1v) is 12.8. The molecule has 0 amide bonds. The van der Waals surface area contributed by atoms with Gasteiger partial charge >= 0.3 is 0 Å². The number of aliphatic hydroxyl groups is 4. The SMILES string of the molecule is C.CC[C@H]1[C@@H](O)[C@@H]2C(C[C@H](O)[C@]3(C)[C@@H]([C@H](C)C[C@@H](C)O)CC[C@@H]23)[C@@]2(C)CC[C@@H](O)C[C@@H]12. The van der Waals surface area contributed by atoms with Gasteiger partial charge in [-0.05, 0) is 104 Å². The van der Waals surface area contributed by atoms with Crippen LogP contribution in [0.2, 0.25) is 0 Å². The Hall–Kier alpha value is -0.160. The molecule has 1 unspecified atom stereocenters. The minimum atomic E-state index is -0.345. The smallest absolute Gasteiger partial charge is 0.0605 e. The summed E-state index contributed by atoms with van der Waals surface area (Å²) in [5, 5.41) is 43.7. The molecule has 4 nitrogen and oxygen atoms in total. The van der Waals surface area contributed by atoms with Crippen LogP contribution in [0, 0.1) is 52.3 Å². The summed E-state index contributed by atoms with van der Waals surface area (Å²) in [6.45, 7) is 11.0. The molecule has 4 fully saturated rings. The summed E-state index contributed by atoms with van der Waals surface area (Å²) in [5.74, 6) is 2.32. The van der Waals surface area contributed by atoms with Gasteiger partial charge in [-0.25, -0.2) is 0 Å². The summed E-state index contributed by atoms with van der Waals surface area (Å²) in [4.78, 5) is 0. The number of aliphatic hydroxyl groups excluding tert-OH is 4. The molecule has 31 heavy (non-hydrogen) atoms. The van der Waals surface area contributed by atoms with Gasteiger partial charge in [-0.2, -0.15) is 0 Å². The van der Waals surface area contributed by atoms with Crippen molar-refractivity contribution in [3.05, 3.63) is 0 Å². The van der Waals surface area contributed by atoms with Gasteiger partial charge in [0.15, 0.2) is 0 Å². The second kappa shape index (κ2) is 8.89. The van der Waals surface area contributed by atoms with E-state index in [0.29, 0.717) is 29.6 Å². The average Bonchev–Trinajstić information content (AvgIpc) is 3.02.